The maximum Gasteiger partial charge on any atom is 0.227 e. The van der Waals surface area contributed by atoms with Gasteiger partial charge in [0.1, 0.15) is 5.75 Å². The number of hydrogen-bond donors (Lipinski definition) is 0. The highest BCUT2D eigenvalue weighted by atomic mass is 16.5. The second kappa shape index (κ2) is 9.50. The normalized spacial score (nSPS) is 10.5. The van der Waals surface area contributed by atoms with Crippen LogP contribution in [0.15, 0.2) is 71.8 Å². The molecule has 6 heteroatoms. The summed E-state index contributed by atoms with van der Waals surface area (Å²) in [4.78, 5) is 18.7. The molecule has 0 N–H and O–H groups in total. The molecule has 3 aromatic rings. The largest absolute Gasteiger partial charge is 0.494 e. The van der Waals surface area contributed by atoms with Gasteiger partial charge in [-0.2, -0.15) is 4.98 Å². The van der Waals surface area contributed by atoms with Gasteiger partial charge in [-0.3, -0.25) is 4.79 Å². The van der Waals surface area contributed by atoms with Gasteiger partial charge in [-0.1, -0.05) is 29.4 Å². The number of benzene rings is 2. The van der Waals surface area contributed by atoms with Gasteiger partial charge >= 0.3 is 0 Å². The van der Waals surface area contributed by atoms with E-state index < -0.39 is 0 Å². The number of nitrogens with zero attached hydrogens (tertiary/aromatic N) is 3. The molecule has 0 saturated carbocycles. The lowest BCUT2D eigenvalue weighted by Gasteiger charge is -2.20. The average molecular weight is 377 g/mol. The first-order valence-corrected chi connectivity index (χ1v) is 9.23. The maximum atomic E-state index is 12.7. The Hall–Kier alpha value is -3.41. The van der Waals surface area contributed by atoms with Crippen LogP contribution in [0.2, 0.25) is 0 Å². The van der Waals surface area contributed by atoms with Gasteiger partial charge in [0.05, 0.1) is 6.61 Å². The molecule has 0 saturated heterocycles. The zero-order valence-electron chi connectivity index (χ0n) is 15.9. The van der Waals surface area contributed by atoms with Crippen LogP contribution in [0.4, 0.5) is 5.69 Å². The molecule has 0 aliphatic rings. The minimum absolute atomic E-state index is 0.0214. The van der Waals surface area contributed by atoms with E-state index in [1.165, 1.54) is 0 Å². The van der Waals surface area contributed by atoms with Crippen LogP contribution in [-0.4, -0.2) is 29.2 Å². The van der Waals surface area contributed by atoms with Gasteiger partial charge in [-0.15, -0.1) is 6.58 Å². The zero-order chi connectivity index (χ0) is 19.8. The van der Waals surface area contributed by atoms with E-state index in [2.05, 4.69) is 16.7 Å². The molecule has 28 heavy (non-hydrogen) atoms. The van der Waals surface area contributed by atoms with Crippen LogP contribution in [-0.2, 0) is 11.2 Å². The third kappa shape index (κ3) is 4.85. The molecule has 0 atom stereocenters. The molecule has 144 valence electrons. The second-order valence-electron chi connectivity index (χ2n) is 6.10. The second-order valence-corrected chi connectivity index (χ2v) is 6.10. The Morgan fingerprint density at radius 1 is 1.18 bits per heavy atom. The minimum Gasteiger partial charge on any atom is -0.494 e. The number of carbonyl (C=O) groups excluding carboxylic acids is 1. The van der Waals surface area contributed by atoms with Crippen molar-refractivity contribution in [3.8, 4) is 17.1 Å². The SMILES string of the molecule is C=CCN(C(=O)CCc1nc(-c2ccc(OCC)cc2)no1)c1ccccc1. The molecule has 1 heterocycles. The molecule has 3 rings (SSSR count). The summed E-state index contributed by atoms with van der Waals surface area (Å²) in [6.07, 6.45) is 2.36. The Labute approximate surface area is 164 Å². The average Bonchev–Trinajstić information content (AvgIpc) is 3.21. The van der Waals surface area contributed by atoms with Crippen molar-refractivity contribution in [1.82, 2.24) is 10.1 Å². The number of ether oxygens (including phenoxy) is 1. The Kier molecular flexibility index (Phi) is 6.57. The summed E-state index contributed by atoms with van der Waals surface area (Å²) in [6.45, 7) is 6.74. The number of rotatable bonds is 9. The molecule has 6 nitrogen and oxygen atoms in total. The van der Waals surface area contributed by atoms with Crippen molar-refractivity contribution in [1.29, 1.82) is 0 Å². The lowest BCUT2D eigenvalue weighted by atomic mass is 10.2. The summed E-state index contributed by atoms with van der Waals surface area (Å²) in [5, 5.41) is 4.01. The Balaban J connectivity index is 1.63. The van der Waals surface area contributed by atoms with Gasteiger partial charge in [-0.25, -0.2) is 0 Å². The zero-order valence-corrected chi connectivity index (χ0v) is 15.9. The minimum atomic E-state index is -0.0214. The fourth-order valence-corrected chi connectivity index (χ4v) is 2.78. The lowest BCUT2D eigenvalue weighted by Crippen LogP contribution is -2.31. The number of carbonyl (C=O) groups is 1. The summed E-state index contributed by atoms with van der Waals surface area (Å²) < 4.78 is 10.7. The van der Waals surface area contributed by atoms with Gasteiger partial charge in [0.2, 0.25) is 17.6 Å². The van der Waals surface area contributed by atoms with Crippen molar-refractivity contribution in [2.45, 2.75) is 19.8 Å². The topological polar surface area (TPSA) is 68.5 Å². The third-order valence-corrected chi connectivity index (χ3v) is 4.12. The molecule has 0 spiro atoms. The van der Waals surface area contributed by atoms with Crippen molar-refractivity contribution in [2.75, 3.05) is 18.1 Å². The molecule has 1 aromatic heterocycles. The van der Waals surface area contributed by atoms with Gasteiger partial charge in [0.25, 0.3) is 0 Å². The number of aryl methyl sites for hydroxylation is 1. The van der Waals surface area contributed by atoms with Crippen molar-refractivity contribution < 1.29 is 14.1 Å². The number of hydrogen-bond acceptors (Lipinski definition) is 5. The van der Waals surface area contributed by atoms with Crippen LogP contribution in [0.1, 0.15) is 19.2 Å². The van der Waals surface area contributed by atoms with E-state index in [0.29, 0.717) is 31.3 Å². The fourth-order valence-electron chi connectivity index (χ4n) is 2.78. The molecule has 1 amide bonds. The first-order chi connectivity index (χ1) is 13.7. The predicted octanol–water partition coefficient (Wildman–Crippen LogP) is 4.29. The molecule has 0 fully saturated rings. The van der Waals surface area contributed by atoms with E-state index >= 15 is 0 Å². The Bertz CT molecular complexity index is 904. The van der Waals surface area contributed by atoms with Crippen molar-refractivity contribution in [2.24, 2.45) is 0 Å². The van der Waals surface area contributed by atoms with Crippen LogP contribution >= 0.6 is 0 Å². The number of anilines is 1. The molecular weight excluding hydrogens is 354 g/mol. The van der Waals surface area contributed by atoms with E-state index in [0.717, 1.165) is 17.0 Å². The first-order valence-electron chi connectivity index (χ1n) is 9.23. The van der Waals surface area contributed by atoms with E-state index in [-0.39, 0.29) is 12.3 Å². The predicted molar refractivity (Wildman–Crippen MR) is 108 cm³/mol. The molecule has 0 bridgehead atoms. The molecular formula is C22H23N3O3. The van der Waals surface area contributed by atoms with Crippen LogP contribution < -0.4 is 9.64 Å². The lowest BCUT2D eigenvalue weighted by molar-refractivity contribution is -0.118. The van der Waals surface area contributed by atoms with Crippen LogP contribution in [0, 0.1) is 0 Å². The van der Waals surface area contributed by atoms with Crippen molar-refractivity contribution in [3.63, 3.8) is 0 Å². The van der Waals surface area contributed by atoms with Gasteiger partial charge in [0, 0.05) is 30.6 Å². The summed E-state index contributed by atoms with van der Waals surface area (Å²) in [6, 6.07) is 17.0. The summed E-state index contributed by atoms with van der Waals surface area (Å²) in [5.74, 6) is 1.70. The molecule has 0 aliphatic carbocycles. The van der Waals surface area contributed by atoms with Gasteiger partial charge in [0.15, 0.2) is 0 Å². The van der Waals surface area contributed by atoms with Crippen LogP contribution in [0.5, 0.6) is 5.75 Å². The Morgan fingerprint density at radius 2 is 1.93 bits per heavy atom. The van der Waals surface area contributed by atoms with Gasteiger partial charge in [-0.05, 0) is 43.3 Å². The highest BCUT2D eigenvalue weighted by Crippen LogP contribution is 2.21. The molecule has 0 aliphatic heterocycles. The smallest absolute Gasteiger partial charge is 0.227 e. The van der Waals surface area contributed by atoms with E-state index in [9.17, 15) is 4.79 Å². The molecule has 0 unspecified atom stereocenters. The van der Waals surface area contributed by atoms with Crippen molar-refractivity contribution >= 4 is 11.6 Å². The maximum absolute atomic E-state index is 12.7. The number of aromatic nitrogens is 2. The molecule has 2 aromatic carbocycles. The highest BCUT2D eigenvalue weighted by molar-refractivity contribution is 5.93. The summed E-state index contributed by atoms with van der Waals surface area (Å²) >= 11 is 0. The third-order valence-electron chi connectivity index (χ3n) is 4.12. The summed E-state index contributed by atoms with van der Waals surface area (Å²) in [5.41, 5.74) is 1.68. The monoisotopic (exact) mass is 377 g/mol. The van der Waals surface area contributed by atoms with E-state index in [1.807, 2.05) is 61.5 Å². The van der Waals surface area contributed by atoms with Crippen molar-refractivity contribution in [3.05, 3.63) is 73.1 Å². The van der Waals surface area contributed by atoms with E-state index in [4.69, 9.17) is 9.26 Å². The van der Waals surface area contributed by atoms with Gasteiger partial charge < -0.3 is 14.2 Å². The fraction of sp³-hybridized carbons (Fsp3) is 0.227. The number of amides is 1. The van der Waals surface area contributed by atoms with E-state index in [1.54, 1.807) is 11.0 Å². The highest BCUT2D eigenvalue weighted by Gasteiger charge is 2.16. The number of para-hydroxylation sites is 1. The first kappa shape index (κ1) is 19.4. The molecule has 0 radical (unpaired) electrons. The van der Waals surface area contributed by atoms with Crippen LogP contribution in [0.25, 0.3) is 11.4 Å². The van der Waals surface area contributed by atoms with Crippen LogP contribution in [0.3, 0.4) is 0 Å². The standard InChI is InChI=1S/C22H23N3O3/c1-3-16-25(18-8-6-5-7-9-18)21(26)15-14-20-23-22(24-28-20)17-10-12-19(13-11-17)27-4-2/h3,5-13H,1,4,14-16H2,2H3. The Morgan fingerprint density at radius 3 is 2.61 bits per heavy atom. The summed E-state index contributed by atoms with van der Waals surface area (Å²) in [7, 11) is 0. The quantitative estimate of drug-likeness (QED) is 0.521.